The van der Waals surface area contributed by atoms with Gasteiger partial charge in [0.05, 0.1) is 6.54 Å². The number of hydrogen-bond acceptors (Lipinski definition) is 7. The van der Waals surface area contributed by atoms with Crippen LogP contribution in [-0.2, 0) is 9.59 Å². The SMILES string of the molecule is Cc1ccc(-c2cc(NC(=O)CN3CCC(C(=O)Nc4ccc5c(c4)OCO5)CC3)on2)cc1. The molecule has 1 fully saturated rings. The average molecular weight is 463 g/mol. The fraction of sp³-hybridized carbons (Fsp3) is 0.320. The molecule has 0 unspecified atom stereocenters. The maximum absolute atomic E-state index is 12.7. The summed E-state index contributed by atoms with van der Waals surface area (Å²) in [6, 6.07) is 15.0. The van der Waals surface area contributed by atoms with Crippen LogP contribution in [0.4, 0.5) is 11.6 Å². The molecular weight excluding hydrogens is 436 g/mol. The number of carbonyl (C=O) groups excluding carboxylic acids is 2. The number of aryl methyl sites for hydroxylation is 1. The first kappa shape index (κ1) is 22.0. The summed E-state index contributed by atoms with van der Waals surface area (Å²) < 4.78 is 15.9. The summed E-state index contributed by atoms with van der Waals surface area (Å²) in [5.41, 5.74) is 3.45. The van der Waals surface area contributed by atoms with E-state index in [4.69, 9.17) is 14.0 Å². The number of benzene rings is 2. The van der Waals surface area contributed by atoms with E-state index in [9.17, 15) is 9.59 Å². The lowest BCUT2D eigenvalue weighted by molar-refractivity contribution is -0.121. The highest BCUT2D eigenvalue weighted by molar-refractivity contribution is 5.93. The van der Waals surface area contributed by atoms with Crippen molar-refractivity contribution in [1.29, 1.82) is 0 Å². The molecule has 0 aliphatic carbocycles. The van der Waals surface area contributed by atoms with E-state index in [1.165, 1.54) is 0 Å². The van der Waals surface area contributed by atoms with Crippen LogP contribution in [0.2, 0.25) is 0 Å². The highest BCUT2D eigenvalue weighted by Gasteiger charge is 2.26. The highest BCUT2D eigenvalue weighted by Crippen LogP contribution is 2.34. The number of anilines is 2. The molecule has 0 bridgehead atoms. The zero-order valence-electron chi connectivity index (χ0n) is 18.9. The van der Waals surface area contributed by atoms with Crippen LogP contribution in [0.15, 0.2) is 53.1 Å². The summed E-state index contributed by atoms with van der Waals surface area (Å²) in [4.78, 5) is 27.2. The predicted octanol–water partition coefficient (Wildman–Crippen LogP) is 3.67. The summed E-state index contributed by atoms with van der Waals surface area (Å²) in [6.07, 6.45) is 1.37. The van der Waals surface area contributed by atoms with Gasteiger partial charge in [0.25, 0.3) is 0 Å². The number of nitrogens with zero attached hydrogens (tertiary/aromatic N) is 2. The number of aromatic nitrogens is 1. The number of ether oxygens (including phenoxy) is 2. The number of rotatable bonds is 6. The predicted molar refractivity (Wildman–Crippen MR) is 126 cm³/mol. The number of likely N-dealkylation sites (tertiary alicyclic amines) is 1. The van der Waals surface area contributed by atoms with Gasteiger partial charge in [-0.25, -0.2) is 0 Å². The Kier molecular flexibility index (Phi) is 6.18. The molecule has 9 nitrogen and oxygen atoms in total. The van der Waals surface area contributed by atoms with Gasteiger partial charge in [-0.15, -0.1) is 0 Å². The van der Waals surface area contributed by atoms with Crippen molar-refractivity contribution in [2.24, 2.45) is 5.92 Å². The van der Waals surface area contributed by atoms with E-state index in [1.807, 2.05) is 36.1 Å². The minimum atomic E-state index is -0.171. The quantitative estimate of drug-likeness (QED) is 0.576. The fourth-order valence-electron chi connectivity index (χ4n) is 4.15. The molecule has 0 saturated carbocycles. The first-order valence-electron chi connectivity index (χ1n) is 11.3. The number of carbonyl (C=O) groups is 2. The largest absolute Gasteiger partial charge is 0.454 e. The smallest absolute Gasteiger partial charge is 0.240 e. The van der Waals surface area contributed by atoms with Gasteiger partial charge >= 0.3 is 0 Å². The Balaban J connectivity index is 1.08. The molecule has 0 radical (unpaired) electrons. The van der Waals surface area contributed by atoms with E-state index in [1.54, 1.807) is 24.3 Å². The Hall–Kier alpha value is -3.85. The molecule has 5 rings (SSSR count). The molecule has 2 aliphatic rings. The van der Waals surface area contributed by atoms with Crippen LogP contribution in [0.5, 0.6) is 11.5 Å². The van der Waals surface area contributed by atoms with Crippen LogP contribution >= 0.6 is 0 Å². The van der Waals surface area contributed by atoms with Crippen LogP contribution in [0, 0.1) is 12.8 Å². The lowest BCUT2D eigenvalue weighted by Gasteiger charge is -2.30. The minimum absolute atomic E-state index is 0.0201. The molecule has 2 aromatic carbocycles. The van der Waals surface area contributed by atoms with Gasteiger partial charge < -0.3 is 19.3 Å². The Morgan fingerprint density at radius 3 is 2.56 bits per heavy atom. The van der Waals surface area contributed by atoms with Gasteiger partial charge in [0.1, 0.15) is 5.69 Å². The Bertz CT molecular complexity index is 1180. The molecule has 1 saturated heterocycles. The van der Waals surface area contributed by atoms with E-state index < -0.39 is 0 Å². The van der Waals surface area contributed by atoms with Crippen molar-refractivity contribution < 1.29 is 23.6 Å². The topological polar surface area (TPSA) is 106 Å². The van der Waals surface area contributed by atoms with E-state index in [-0.39, 0.29) is 31.1 Å². The number of amides is 2. The molecular formula is C25H26N4O5. The molecule has 0 atom stereocenters. The lowest BCUT2D eigenvalue weighted by Crippen LogP contribution is -2.41. The van der Waals surface area contributed by atoms with Crippen molar-refractivity contribution in [2.75, 3.05) is 37.1 Å². The summed E-state index contributed by atoms with van der Waals surface area (Å²) in [5, 5.41) is 9.76. The van der Waals surface area contributed by atoms with E-state index >= 15 is 0 Å². The first-order chi connectivity index (χ1) is 16.5. The van der Waals surface area contributed by atoms with Crippen LogP contribution in [0.3, 0.4) is 0 Å². The first-order valence-corrected chi connectivity index (χ1v) is 11.3. The van der Waals surface area contributed by atoms with Crippen LogP contribution < -0.4 is 20.1 Å². The van der Waals surface area contributed by atoms with Crippen molar-refractivity contribution in [2.45, 2.75) is 19.8 Å². The Morgan fingerprint density at radius 2 is 1.76 bits per heavy atom. The average Bonchev–Trinajstić information content (AvgIpc) is 3.49. The number of nitrogens with one attached hydrogen (secondary N) is 2. The van der Waals surface area contributed by atoms with Gasteiger partial charge in [-0.05, 0) is 45.0 Å². The van der Waals surface area contributed by atoms with E-state index in [0.29, 0.717) is 54.7 Å². The van der Waals surface area contributed by atoms with Crippen molar-refractivity contribution >= 4 is 23.4 Å². The standard InChI is InChI=1S/C25H26N4O5/c1-16-2-4-17(5-3-16)20-13-24(34-28-20)27-23(30)14-29-10-8-18(9-11-29)25(31)26-19-6-7-21-22(12-19)33-15-32-21/h2-7,12-13,18H,8-11,14-15H2,1H3,(H,26,31)(H,27,30). The molecule has 2 amide bonds. The zero-order chi connectivity index (χ0) is 23.5. The third-order valence-corrected chi connectivity index (χ3v) is 6.09. The number of fused-ring (bicyclic) bond motifs is 1. The number of hydrogen-bond donors (Lipinski definition) is 2. The third kappa shape index (κ3) is 5.04. The number of piperidine rings is 1. The molecule has 176 valence electrons. The molecule has 3 aromatic rings. The normalized spacial score (nSPS) is 15.8. The fourth-order valence-corrected chi connectivity index (χ4v) is 4.15. The highest BCUT2D eigenvalue weighted by atomic mass is 16.7. The van der Waals surface area contributed by atoms with E-state index in [2.05, 4.69) is 15.8 Å². The van der Waals surface area contributed by atoms with Crippen molar-refractivity contribution in [1.82, 2.24) is 10.1 Å². The minimum Gasteiger partial charge on any atom is -0.454 e. The summed E-state index contributed by atoms with van der Waals surface area (Å²) in [7, 11) is 0. The van der Waals surface area contributed by atoms with Gasteiger partial charge in [-0.2, -0.15) is 0 Å². The summed E-state index contributed by atoms with van der Waals surface area (Å²) >= 11 is 0. The van der Waals surface area contributed by atoms with Gasteiger partial charge in [-0.1, -0.05) is 35.0 Å². The Labute approximate surface area is 197 Å². The van der Waals surface area contributed by atoms with Gasteiger partial charge in [0.2, 0.25) is 24.5 Å². The van der Waals surface area contributed by atoms with Gasteiger partial charge in [-0.3, -0.25) is 19.8 Å². The second-order valence-electron chi connectivity index (χ2n) is 8.60. The molecule has 2 N–H and O–H groups in total. The maximum Gasteiger partial charge on any atom is 0.240 e. The van der Waals surface area contributed by atoms with Crippen molar-refractivity contribution in [3.63, 3.8) is 0 Å². The lowest BCUT2D eigenvalue weighted by atomic mass is 9.96. The second-order valence-corrected chi connectivity index (χ2v) is 8.60. The molecule has 34 heavy (non-hydrogen) atoms. The monoisotopic (exact) mass is 462 g/mol. The molecule has 3 heterocycles. The van der Waals surface area contributed by atoms with Crippen molar-refractivity contribution in [3.8, 4) is 22.8 Å². The molecule has 2 aliphatic heterocycles. The second kappa shape index (κ2) is 9.56. The third-order valence-electron chi connectivity index (χ3n) is 6.09. The van der Waals surface area contributed by atoms with Crippen LogP contribution in [0.25, 0.3) is 11.3 Å². The Morgan fingerprint density at radius 1 is 1.00 bits per heavy atom. The van der Waals surface area contributed by atoms with Crippen molar-refractivity contribution in [3.05, 3.63) is 54.1 Å². The molecule has 1 aromatic heterocycles. The van der Waals surface area contributed by atoms with Gasteiger partial charge in [0.15, 0.2) is 11.5 Å². The maximum atomic E-state index is 12.7. The van der Waals surface area contributed by atoms with E-state index in [0.717, 1.165) is 11.1 Å². The molecule has 0 spiro atoms. The van der Waals surface area contributed by atoms with Crippen LogP contribution in [-0.4, -0.2) is 48.3 Å². The van der Waals surface area contributed by atoms with Gasteiger partial charge in [0, 0.05) is 29.3 Å². The summed E-state index contributed by atoms with van der Waals surface area (Å²) in [6.45, 7) is 3.78. The summed E-state index contributed by atoms with van der Waals surface area (Å²) in [5.74, 6) is 1.34. The van der Waals surface area contributed by atoms with Crippen LogP contribution in [0.1, 0.15) is 18.4 Å². The molecule has 9 heteroatoms. The zero-order valence-corrected chi connectivity index (χ0v) is 18.9.